The zero-order valence-corrected chi connectivity index (χ0v) is 14.7. The predicted molar refractivity (Wildman–Crippen MR) is 87.5 cm³/mol. The molecule has 1 N–H and O–H groups in total. The lowest BCUT2D eigenvalue weighted by Gasteiger charge is -2.16. The molecule has 1 unspecified atom stereocenters. The molecule has 0 saturated carbocycles. The summed E-state index contributed by atoms with van der Waals surface area (Å²) in [6, 6.07) is -0.242. The van der Waals surface area contributed by atoms with E-state index in [1.54, 1.807) is 25.6 Å². The lowest BCUT2D eigenvalue weighted by atomic mass is 10.0. The summed E-state index contributed by atoms with van der Waals surface area (Å²) < 4.78 is 2.98. The summed E-state index contributed by atoms with van der Waals surface area (Å²) in [5.74, 6) is -0.385. The number of hydrogen-bond donors (Lipinski definition) is 1. The van der Waals surface area contributed by atoms with E-state index >= 15 is 0 Å². The number of amides is 1. The maximum Gasteiger partial charge on any atom is 0.279 e. The number of carbonyl (C=O) groups excluding carboxylic acids is 1. The highest BCUT2D eigenvalue weighted by molar-refractivity contribution is 5.95. The van der Waals surface area contributed by atoms with Crippen molar-refractivity contribution in [2.75, 3.05) is 0 Å². The molecule has 0 aliphatic carbocycles. The van der Waals surface area contributed by atoms with Crippen LogP contribution in [0.1, 0.15) is 51.5 Å². The van der Waals surface area contributed by atoms with E-state index < -0.39 is 5.56 Å². The minimum atomic E-state index is -0.391. The molecule has 0 fully saturated rings. The number of nitrogens with one attached hydrogen (secondary N) is 1. The third-order valence-electron chi connectivity index (χ3n) is 4.30. The van der Waals surface area contributed by atoms with E-state index in [0.29, 0.717) is 11.3 Å². The summed E-state index contributed by atoms with van der Waals surface area (Å²) in [7, 11) is 3.41. The van der Waals surface area contributed by atoms with Gasteiger partial charge in [0.15, 0.2) is 0 Å². The van der Waals surface area contributed by atoms with Gasteiger partial charge in [0.1, 0.15) is 5.56 Å². The minimum Gasteiger partial charge on any atom is -0.345 e. The van der Waals surface area contributed by atoms with Gasteiger partial charge in [-0.1, -0.05) is 0 Å². The Morgan fingerprint density at radius 3 is 2.13 bits per heavy atom. The van der Waals surface area contributed by atoms with Crippen molar-refractivity contribution < 1.29 is 4.79 Å². The molecule has 1 amide bonds. The van der Waals surface area contributed by atoms with Gasteiger partial charge in [0.05, 0.1) is 17.4 Å². The molecule has 0 aliphatic heterocycles. The number of carbonyl (C=O) groups is 1. The van der Waals surface area contributed by atoms with E-state index in [1.165, 1.54) is 4.68 Å². The summed E-state index contributed by atoms with van der Waals surface area (Å²) in [6.45, 7) is 9.28. The first-order chi connectivity index (χ1) is 10.6. The highest BCUT2D eigenvalue weighted by Gasteiger charge is 2.22. The molecule has 0 aliphatic rings. The van der Waals surface area contributed by atoms with Crippen LogP contribution in [-0.4, -0.2) is 25.5 Å². The molecule has 7 nitrogen and oxygen atoms in total. The average molecular weight is 317 g/mol. The molecule has 2 heterocycles. The second-order valence-corrected chi connectivity index (χ2v) is 5.92. The number of aryl methyl sites for hydroxylation is 4. The number of hydrogen-bond acceptors (Lipinski definition) is 4. The molecule has 0 aromatic carbocycles. The van der Waals surface area contributed by atoms with Crippen molar-refractivity contribution in [1.82, 2.24) is 24.9 Å². The van der Waals surface area contributed by atoms with Crippen molar-refractivity contribution >= 4 is 5.91 Å². The molecular weight excluding hydrogens is 294 g/mol. The van der Waals surface area contributed by atoms with Crippen LogP contribution >= 0.6 is 0 Å². The van der Waals surface area contributed by atoms with Gasteiger partial charge in [0, 0.05) is 25.4 Å². The van der Waals surface area contributed by atoms with E-state index in [9.17, 15) is 9.59 Å². The Kier molecular flexibility index (Phi) is 4.40. The van der Waals surface area contributed by atoms with Gasteiger partial charge >= 0.3 is 0 Å². The maximum absolute atomic E-state index is 12.6. The maximum atomic E-state index is 12.6. The monoisotopic (exact) mass is 317 g/mol. The molecule has 2 aromatic rings. The molecule has 0 saturated heterocycles. The van der Waals surface area contributed by atoms with Gasteiger partial charge in [0.2, 0.25) is 0 Å². The number of aromatic nitrogens is 4. The van der Waals surface area contributed by atoms with Crippen molar-refractivity contribution in [2.24, 2.45) is 14.1 Å². The Labute approximate surface area is 135 Å². The molecule has 124 valence electrons. The van der Waals surface area contributed by atoms with E-state index in [1.807, 2.05) is 27.8 Å². The SMILES string of the molecule is Cc1nn(C)c(=O)c(C(=O)NC(C)c2c(C)nn(C)c2C)c1C. The van der Waals surface area contributed by atoms with Gasteiger partial charge in [-0.3, -0.25) is 14.3 Å². The Balaban J connectivity index is 2.39. The van der Waals surface area contributed by atoms with Gasteiger partial charge in [-0.15, -0.1) is 0 Å². The van der Waals surface area contributed by atoms with Gasteiger partial charge in [-0.25, -0.2) is 4.68 Å². The largest absolute Gasteiger partial charge is 0.345 e. The highest BCUT2D eigenvalue weighted by Crippen LogP contribution is 2.21. The Morgan fingerprint density at radius 2 is 1.61 bits per heavy atom. The van der Waals surface area contributed by atoms with Crippen LogP contribution in [0.3, 0.4) is 0 Å². The average Bonchev–Trinajstić information content (AvgIpc) is 2.70. The van der Waals surface area contributed by atoms with Gasteiger partial charge < -0.3 is 5.32 Å². The summed E-state index contributed by atoms with van der Waals surface area (Å²) in [6.07, 6.45) is 0. The fraction of sp³-hybridized carbons (Fsp3) is 0.500. The van der Waals surface area contributed by atoms with Crippen LogP contribution < -0.4 is 10.9 Å². The van der Waals surface area contributed by atoms with Crippen molar-refractivity contribution in [1.29, 1.82) is 0 Å². The van der Waals surface area contributed by atoms with Crippen molar-refractivity contribution in [2.45, 2.75) is 40.7 Å². The minimum absolute atomic E-state index is 0.144. The molecule has 0 bridgehead atoms. The third-order valence-corrected chi connectivity index (χ3v) is 4.30. The third kappa shape index (κ3) is 2.91. The molecular formula is C16H23N5O2. The van der Waals surface area contributed by atoms with Crippen LogP contribution in [0.15, 0.2) is 4.79 Å². The summed E-state index contributed by atoms with van der Waals surface area (Å²) in [5.41, 5.74) is 3.86. The predicted octanol–water partition coefficient (Wildman–Crippen LogP) is 1.24. The van der Waals surface area contributed by atoms with Crippen molar-refractivity contribution in [3.05, 3.63) is 44.1 Å². The molecule has 2 rings (SSSR count). The van der Waals surface area contributed by atoms with E-state index in [-0.39, 0.29) is 17.5 Å². The smallest absolute Gasteiger partial charge is 0.279 e. The fourth-order valence-electron chi connectivity index (χ4n) is 2.87. The van der Waals surface area contributed by atoms with Crippen LogP contribution in [0.25, 0.3) is 0 Å². The van der Waals surface area contributed by atoms with Gasteiger partial charge in [0.25, 0.3) is 11.5 Å². The summed E-state index contributed by atoms with van der Waals surface area (Å²) in [5, 5.41) is 11.4. The second-order valence-electron chi connectivity index (χ2n) is 5.92. The molecule has 2 aromatic heterocycles. The lowest BCUT2D eigenvalue weighted by Crippen LogP contribution is -2.36. The molecule has 23 heavy (non-hydrogen) atoms. The first kappa shape index (κ1) is 16.9. The first-order valence-electron chi connectivity index (χ1n) is 7.50. The Bertz CT molecular complexity index is 832. The van der Waals surface area contributed by atoms with Crippen molar-refractivity contribution in [3.63, 3.8) is 0 Å². The second kappa shape index (κ2) is 5.98. The van der Waals surface area contributed by atoms with Crippen LogP contribution in [0.2, 0.25) is 0 Å². The van der Waals surface area contributed by atoms with Crippen LogP contribution in [0.4, 0.5) is 0 Å². The van der Waals surface area contributed by atoms with E-state index in [4.69, 9.17) is 0 Å². The van der Waals surface area contributed by atoms with Crippen LogP contribution in [0, 0.1) is 27.7 Å². The van der Waals surface area contributed by atoms with Gasteiger partial charge in [-0.2, -0.15) is 10.2 Å². The standard InChI is InChI=1S/C16H23N5O2/c1-8-9(2)18-21(7)16(23)13(8)15(22)17-10(3)14-11(4)19-20(6)12(14)5/h10H,1-7H3,(H,17,22). The molecule has 0 radical (unpaired) electrons. The fourth-order valence-corrected chi connectivity index (χ4v) is 2.87. The summed E-state index contributed by atoms with van der Waals surface area (Å²) in [4.78, 5) is 24.9. The topological polar surface area (TPSA) is 81.8 Å². The Hall–Kier alpha value is -2.44. The quantitative estimate of drug-likeness (QED) is 0.923. The van der Waals surface area contributed by atoms with Crippen molar-refractivity contribution in [3.8, 4) is 0 Å². The van der Waals surface area contributed by atoms with E-state index in [0.717, 1.165) is 17.0 Å². The normalized spacial score (nSPS) is 12.3. The summed E-state index contributed by atoms with van der Waals surface area (Å²) >= 11 is 0. The molecule has 0 spiro atoms. The van der Waals surface area contributed by atoms with Crippen LogP contribution in [0.5, 0.6) is 0 Å². The first-order valence-corrected chi connectivity index (χ1v) is 7.50. The highest BCUT2D eigenvalue weighted by atomic mass is 16.2. The van der Waals surface area contributed by atoms with E-state index in [2.05, 4.69) is 15.5 Å². The van der Waals surface area contributed by atoms with Gasteiger partial charge in [-0.05, 0) is 40.2 Å². The zero-order valence-electron chi connectivity index (χ0n) is 14.7. The number of rotatable bonds is 3. The molecule has 1 atom stereocenters. The molecule has 7 heteroatoms. The van der Waals surface area contributed by atoms with Crippen LogP contribution in [-0.2, 0) is 14.1 Å². The number of nitrogens with zero attached hydrogens (tertiary/aromatic N) is 4. The zero-order chi connectivity index (χ0) is 17.5. The Morgan fingerprint density at radius 1 is 1.04 bits per heavy atom. The lowest BCUT2D eigenvalue weighted by molar-refractivity contribution is 0.0936.